The Labute approximate surface area is 204 Å². The molecule has 2 aliphatic heterocycles. The maximum absolute atomic E-state index is 12.3. The largest absolute Gasteiger partial charge is 0.482 e. The van der Waals surface area contributed by atoms with E-state index in [0.717, 1.165) is 49.9 Å². The number of anilines is 1. The van der Waals surface area contributed by atoms with Crippen molar-refractivity contribution in [2.45, 2.75) is 45.4 Å². The lowest BCUT2D eigenvalue weighted by molar-refractivity contribution is -0.121. The minimum absolute atomic E-state index is 0. The molecule has 2 aliphatic rings. The highest BCUT2D eigenvalue weighted by Crippen LogP contribution is 2.31. The number of guanidine groups is 1. The van der Waals surface area contributed by atoms with Crippen LogP contribution in [0.2, 0.25) is 0 Å². The second-order valence-corrected chi connectivity index (χ2v) is 7.95. The van der Waals surface area contributed by atoms with Gasteiger partial charge in [-0.15, -0.1) is 24.0 Å². The lowest BCUT2D eigenvalue weighted by Crippen LogP contribution is -2.40. The molecule has 1 fully saturated rings. The van der Waals surface area contributed by atoms with Crippen LogP contribution in [0.15, 0.2) is 29.3 Å². The number of nitrogens with one attached hydrogen (secondary N) is 2. The van der Waals surface area contributed by atoms with Gasteiger partial charge in [-0.1, -0.05) is 25.0 Å². The molecule has 1 aromatic rings. The summed E-state index contributed by atoms with van der Waals surface area (Å²) in [5, 5.41) is 6.77. The van der Waals surface area contributed by atoms with E-state index in [1.54, 1.807) is 0 Å². The number of hydrogen-bond acceptors (Lipinski definition) is 4. The Hall–Kier alpha value is -1.55. The van der Waals surface area contributed by atoms with Crippen molar-refractivity contribution in [1.82, 2.24) is 15.5 Å². The SMILES string of the molecule is CCNC(=NCCCN1C(=O)COc2ccccc21)NCCCN1CCCCCC1.I. The molecule has 0 atom stereocenters. The predicted molar refractivity (Wildman–Crippen MR) is 138 cm³/mol. The number of benzene rings is 1. The van der Waals surface area contributed by atoms with Crippen molar-refractivity contribution >= 4 is 41.5 Å². The third-order valence-corrected chi connectivity index (χ3v) is 5.60. The van der Waals surface area contributed by atoms with Crippen LogP contribution in [0.5, 0.6) is 5.75 Å². The Balaban J connectivity index is 0.00000341. The van der Waals surface area contributed by atoms with Crippen LogP contribution in [0.25, 0.3) is 0 Å². The van der Waals surface area contributed by atoms with E-state index in [0.29, 0.717) is 13.1 Å². The molecule has 0 aliphatic carbocycles. The second-order valence-electron chi connectivity index (χ2n) is 7.95. The highest BCUT2D eigenvalue weighted by atomic mass is 127. The van der Waals surface area contributed by atoms with Crippen molar-refractivity contribution in [2.24, 2.45) is 4.99 Å². The smallest absolute Gasteiger partial charge is 0.265 e. The van der Waals surface area contributed by atoms with Gasteiger partial charge < -0.3 is 25.2 Å². The molecular formula is C23H38IN5O2. The van der Waals surface area contributed by atoms with Gasteiger partial charge >= 0.3 is 0 Å². The fourth-order valence-electron chi connectivity index (χ4n) is 4.03. The zero-order chi connectivity index (χ0) is 21.0. The van der Waals surface area contributed by atoms with Crippen LogP contribution in [0, 0.1) is 0 Å². The van der Waals surface area contributed by atoms with Gasteiger partial charge in [-0.2, -0.15) is 0 Å². The Morgan fingerprint density at radius 3 is 2.61 bits per heavy atom. The van der Waals surface area contributed by atoms with Gasteiger partial charge in [0.05, 0.1) is 5.69 Å². The molecule has 0 saturated carbocycles. The summed E-state index contributed by atoms with van der Waals surface area (Å²) in [6.45, 7) is 8.94. The Kier molecular flexibility index (Phi) is 12.0. The van der Waals surface area contributed by atoms with Crippen LogP contribution in [-0.4, -0.2) is 69.2 Å². The van der Waals surface area contributed by atoms with Crippen molar-refractivity contribution in [3.63, 3.8) is 0 Å². The van der Waals surface area contributed by atoms with Crippen LogP contribution >= 0.6 is 24.0 Å². The molecular weight excluding hydrogens is 505 g/mol. The van der Waals surface area contributed by atoms with Gasteiger partial charge in [0.15, 0.2) is 12.6 Å². The summed E-state index contributed by atoms with van der Waals surface area (Å²) >= 11 is 0. The fourth-order valence-corrected chi connectivity index (χ4v) is 4.03. The minimum atomic E-state index is 0. The maximum atomic E-state index is 12.3. The van der Waals surface area contributed by atoms with Crippen molar-refractivity contribution < 1.29 is 9.53 Å². The van der Waals surface area contributed by atoms with Gasteiger partial charge in [-0.05, 0) is 64.4 Å². The van der Waals surface area contributed by atoms with E-state index in [4.69, 9.17) is 4.74 Å². The summed E-state index contributed by atoms with van der Waals surface area (Å²) < 4.78 is 5.51. The molecule has 174 valence electrons. The number of fused-ring (bicyclic) bond motifs is 1. The molecule has 0 spiro atoms. The Morgan fingerprint density at radius 1 is 1.06 bits per heavy atom. The number of nitrogens with zero attached hydrogens (tertiary/aromatic N) is 3. The average Bonchev–Trinajstić information content (AvgIpc) is 3.04. The first kappa shape index (κ1) is 25.7. The van der Waals surface area contributed by atoms with Crippen molar-refractivity contribution in [2.75, 3.05) is 57.3 Å². The topological polar surface area (TPSA) is 69.2 Å². The van der Waals surface area contributed by atoms with E-state index in [1.807, 2.05) is 29.2 Å². The quantitative estimate of drug-likeness (QED) is 0.217. The summed E-state index contributed by atoms with van der Waals surface area (Å²) in [4.78, 5) is 21.3. The summed E-state index contributed by atoms with van der Waals surface area (Å²) in [5.41, 5.74) is 0.858. The summed E-state index contributed by atoms with van der Waals surface area (Å²) in [6.07, 6.45) is 7.39. The first-order valence-electron chi connectivity index (χ1n) is 11.5. The number of carbonyl (C=O) groups excluding carboxylic acids is 1. The van der Waals surface area contributed by atoms with Gasteiger partial charge in [0.1, 0.15) is 5.75 Å². The van der Waals surface area contributed by atoms with Gasteiger partial charge in [-0.25, -0.2) is 0 Å². The molecule has 0 radical (unpaired) electrons. The van der Waals surface area contributed by atoms with Crippen LogP contribution in [0.1, 0.15) is 45.4 Å². The normalized spacial score (nSPS) is 17.3. The number of likely N-dealkylation sites (tertiary alicyclic amines) is 1. The van der Waals surface area contributed by atoms with Gasteiger partial charge in [-0.3, -0.25) is 9.79 Å². The molecule has 31 heavy (non-hydrogen) atoms. The molecule has 1 saturated heterocycles. The zero-order valence-corrected chi connectivity index (χ0v) is 21.1. The van der Waals surface area contributed by atoms with Crippen LogP contribution in [0.4, 0.5) is 5.69 Å². The van der Waals surface area contributed by atoms with Crippen molar-refractivity contribution in [1.29, 1.82) is 0 Å². The van der Waals surface area contributed by atoms with Crippen LogP contribution in [-0.2, 0) is 4.79 Å². The maximum Gasteiger partial charge on any atom is 0.265 e. The van der Waals surface area contributed by atoms with Crippen molar-refractivity contribution in [3.05, 3.63) is 24.3 Å². The molecule has 7 nitrogen and oxygen atoms in total. The molecule has 2 heterocycles. The lowest BCUT2D eigenvalue weighted by Gasteiger charge is -2.29. The van der Waals surface area contributed by atoms with Crippen molar-refractivity contribution in [3.8, 4) is 5.75 Å². The minimum Gasteiger partial charge on any atom is -0.482 e. The highest BCUT2D eigenvalue weighted by Gasteiger charge is 2.24. The molecule has 0 aromatic heterocycles. The van der Waals surface area contributed by atoms with Gasteiger partial charge in [0, 0.05) is 26.2 Å². The number of amides is 1. The van der Waals surface area contributed by atoms with Crippen LogP contribution < -0.4 is 20.3 Å². The molecule has 0 unspecified atom stereocenters. The number of para-hydroxylation sites is 2. The molecule has 2 N–H and O–H groups in total. The number of rotatable bonds is 9. The highest BCUT2D eigenvalue weighted by molar-refractivity contribution is 14.0. The third kappa shape index (κ3) is 8.48. The predicted octanol–water partition coefficient (Wildman–Crippen LogP) is 3.24. The van der Waals surface area contributed by atoms with E-state index >= 15 is 0 Å². The fraction of sp³-hybridized carbons (Fsp3) is 0.652. The number of carbonyl (C=O) groups is 1. The standard InChI is InChI=1S/C23H37N5O2.HI/c1-2-24-23(25-13-9-17-27-15-7-3-4-8-16-27)26-14-10-18-28-20-11-5-6-12-21(20)30-19-22(28)29;/h5-6,11-12H,2-4,7-10,13-19H2,1H3,(H2,24,25,26);1H. The number of aliphatic imine (C=N–C) groups is 1. The monoisotopic (exact) mass is 543 g/mol. The third-order valence-electron chi connectivity index (χ3n) is 5.60. The van der Waals surface area contributed by atoms with E-state index in [2.05, 4.69) is 27.4 Å². The van der Waals surface area contributed by atoms with E-state index < -0.39 is 0 Å². The summed E-state index contributed by atoms with van der Waals surface area (Å²) in [5.74, 6) is 1.65. The summed E-state index contributed by atoms with van der Waals surface area (Å²) in [7, 11) is 0. The number of ether oxygens (including phenoxy) is 1. The number of hydrogen-bond donors (Lipinski definition) is 2. The Morgan fingerprint density at radius 2 is 1.84 bits per heavy atom. The summed E-state index contributed by atoms with van der Waals surface area (Å²) in [6, 6.07) is 7.71. The first-order valence-corrected chi connectivity index (χ1v) is 11.5. The number of halogens is 1. The molecule has 0 bridgehead atoms. The second kappa shape index (κ2) is 14.5. The first-order chi connectivity index (χ1) is 14.8. The average molecular weight is 543 g/mol. The van der Waals surface area contributed by atoms with Gasteiger partial charge in [0.2, 0.25) is 0 Å². The molecule has 1 aromatic carbocycles. The lowest BCUT2D eigenvalue weighted by atomic mass is 10.2. The molecule has 8 heteroatoms. The Bertz CT molecular complexity index is 692. The molecule has 1 amide bonds. The van der Waals surface area contributed by atoms with Gasteiger partial charge in [0.25, 0.3) is 5.91 Å². The molecule has 3 rings (SSSR count). The van der Waals surface area contributed by atoms with E-state index in [1.165, 1.54) is 38.8 Å². The zero-order valence-electron chi connectivity index (χ0n) is 18.8. The van der Waals surface area contributed by atoms with E-state index in [9.17, 15) is 4.79 Å². The van der Waals surface area contributed by atoms with E-state index in [-0.39, 0.29) is 36.5 Å². The van der Waals surface area contributed by atoms with Crippen LogP contribution in [0.3, 0.4) is 0 Å².